The monoisotopic (exact) mass is 569 g/mol. The first-order valence-electron chi connectivity index (χ1n) is 10.8. The molecule has 7 nitrogen and oxygen atoms in total. The van der Waals surface area contributed by atoms with Gasteiger partial charge in [0.05, 0.1) is 4.90 Å². The maximum atomic E-state index is 13.3. The average molecular weight is 570 g/mol. The Hall–Kier alpha value is -1.69. The Kier molecular flexibility index (Phi) is 8.54. The maximum Gasteiger partial charge on any atom is 0.243 e. The lowest BCUT2D eigenvalue weighted by Crippen LogP contribution is -2.47. The van der Waals surface area contributed by atoms with Crippen LogP contribution in [0.4, 0.5) is 0 Å². The molecule has 1 N–H and O–H groups in total. The number of halogens is 1. The van der Waals surface area contributed by atoms with Gasteiger partial charge < -0.3 is 15.1 Å². The SMILES string of the molecule is CN=C(NCc1ccccc1S(=O)(=O)N1CCN(C)CC1)N1CCc2ccccc2C1.I. The van der Waals surface area contributed by atoms with Crippen LogP contribution in [0.25, 0.3) is 0 Å². The van der Waals surface area contributed by atoms with Crippen molar-refractivity contribution in [3.8, 4) is 0 Å². The number of benzene rings is 2. The number of hydrogen-bond acceptors (Lipinski definition) is 4. The lowest BCUT2D eigenvalue weighted by atomic mass is 10.0. The van der Waals surface area contributed by atoms with Gasteiger partial charge in [-0.05, 0) is 36.2 Å². The van der Waals surface area contributed by atoms with Crippen LogP contribution < -0.4 is 5.32 Å². The predicted molar refractivity (Wildman–Crippen MR) is 139 cm³/mol. The fourth-order valence-corrected chi connectivity index (χ4v) is 5.90. The van der Waals surface area contributed by atoms with Crippen LogP contribution in [0.15, 0.2) is 58.4 Å². The van der Waals surface area contributed by atoms with E-state index < -0.39 is 10.0 Å². The van der Waals surface area contributed by atoms with E-state index in [0.29, 0.717) is 24.5 Å². The summed E-state index contributed by atoms with van der Waals surface area (Å²) in [6.45, 7) is 4.65. The highest BCUT2D eigenvalue weighted by Crippen LogP contribution is 2.22. The van der Waals surface area contributed by atoms with Gasteiger partial charge in [0.25, 0.3) is 0 Å². The molecule has 2 heterocycles. The fourth-order valence-electron chi connectivity index (χ4n) is 4.25. The van der Waals surface area contributed by atoms with Gasteiger partial charge in [-0.15, -0.1) is 24.0 Å². The van der Waals surface area contributed by atoms with Crippen LogP contribution in [0.3, 0.4) is 0 Å². The predicted octanol–water partition coefficient (Wildman–Crippen LogP) is 2.37. The van der Waals surface area contributed by atoms with E-state index in [1.807, 2.05) is 19.2 Å². The number of rotatable bonds is 4. The lowest BCUT2D eigenvalue weighted by molar-refractivity contribution is 0.222. The summed E-state index contributed by atoms with van der Waals surface area (Å²) in [6.07, 6.45) is 0.977. The Balaban J connectivity index is 0.00000289. The fraction of sp³-hybridized carbons (Fsp3) is 0.435. The van der Waals surface area contributed by atoms with Crippen molar-refractivity contribution in [3.63, 3.8) is 0 Å². The van der Waals surface area contributed by atoms with Gasteiger partial charge in [0, 0.05) is 52.9 Å². The molecule has 4 rings (SSSR count). The number of aliphatic imine (C=N–C) groups is 1. The van der Waals surface area contributed by atoms with Gasteiger partial charge in [-0.3, -0.25) is 4.99 Å². The molecule has 0 bridgehead atoms. The van der Waals surface area contributed by atoms with Crippen molar-refractivity contribution in [2.24, 2.45) is 4.99 Å². The first-order chi connectivity index (χ1) is 15.0. The van der Waals surface area contributed by atoms with Crippen LogP contribution >= 0.6 is 24.0 Å². The summed E-state index contributed by atoms with van der Waals surface area (Å²) in [5.74, 6) is 0.793. The Labute approximate surface area is 208 Å². The summed E-state index contributed by atoms with van der Waals surface area (Å²) in [4.78, 5) is 9.21. The molecule has 1 saturated heterocycles. The van der Waals surface area contributed by atoms with Crippen LogP contribution in [0.5, 0.6) is 0 Å². The standard InChI is InChI=1S/C23H31N5O2S.HI/c1-24-23(27-12-11-19-7-3-4-9-21(19)18-27)25-17-20-8-5-6-10-22(20)31(29,30)28-15-13-26(2)14-16-28;/h3-10H,11-18H2,1-2H3,(H,24,25);1H. The van der Waals surface area contributed by atoms with E-state index >= 15 is 0 Å². The second-order valence-electron chi connectivity index (χ2n) is 8.16. The molecule has 0 atom stereocenters. The van der Waals surface area contributed by atoms with Gasteiger partial charge >= 0.3 is 0 Å². The molecule has 0 saturated carbocycles. The van der Waals surface area contributed by atoms with Gasteiger partial charge in [-0.25, -0.2) is 8.42 Å². The van der Waals surface area contributed by atoms with Crippen molar-refractivity contribution in [1.29, 1.82) is 0 Å². The topological polar surface area (TPSA) is 68.2 Å². The van der Waals surface area contributed by atoms with E-state index in [9.17, 15) is 8.42 Å². The molecule has 1 fully saturated rings. The van der Waals surface area contributed by atoms with Crippen molar-refractivity contribution < 1.29 is 8.42 Å². The molecule has 2 aromatic carbocycles. The van der Waals surface area contributed by atoms with Gasteiger partial charge in [-0.1, -0.05) is 42.5 Å². The number of likely N-dealkylation sites (N-methyl/N-ethyl adjacent to an activating group) is 1. The van der Waals surface area contributed by atoms with Gasteiger partial charge in [0.2, 0.25) is 10.0 Å². The third-order valence-corrected chi connectivity index (χ3v) is 8.13. The number of hydrogen-bond donors (Lipinski definition) is 1. The highest BCUT2D eigenvalue weighted by molar-refractivity contribution is 14.0. The molecule has 0 spiro atoms. The van der Waals surface area contributed by atoms with E-state index in [1.165, 1.54) is 11.1 Å². The second kappa shape index (κ2) is 11.0. The zero-order chi connectivity index (χ0) is 21.8. The Morgan fingerprint density at radius 1 is 0.969 bits per heavy atom. The second-order valence-corrected chi connectivity index (χ2v) is 10.1. The first kappa shape index (κ1) is 24.9. The van der Waals surface area contributed by atoms with Crippen LogP contribution in [-0.4, -0.2) is 75.3 Å². The minimum Gasteiger partial charge on any atom is -0.352 e. The third kappa shape index (κ3) is 5.44. The summed E-state index contributed by atoms with van der Waals surface area (Å²) in [5, 5.41) is 3.39. The number of piperazine rings is 1. The summed E-state index contributed by atoms with van der Waals surface area (Å²) >= 11 is 0. The third-order valence-electron chi connectivity index (χ3n) is 6.13. The molecule has 32 heavy (non-hydrogen) atoms. The minimum atomic E-state index is -3.52. The van der Waals surface area contributed by atoms with Crippen LogP contribution in [0.1, 0.15) is 16.7 Å². The zero-order valence-corrected chi connectivity index (χ0v) is 21.8. The Morgan fingerprint density at radius 2 is 1.62 bits per heavy atom. The largest absolute Gasteiger partial charge is 0.352 e. The Bertz CT molecular complexity index is 1050. The van der Waals surface area contributed by atoms with E-state index in [-0.39, 0.29) is 24.0 Å². The van der Waals surface area contributed by atoms with Crippen molar-refractivity contribution in [2.45, 2.75) is 24.4 Å². The Morgan fingerprint density at radius 3 is 2.34 bits per heavy atom. The number of fused-ring (bicyclic) bond motifs is 1. The summed E-state index contributed by atoms with van der Waals surface area (Å²) < 4.78 is 28.2. The smallest absolute Gasteiger partial charge is 0.243 e. The lowest BCUT2D eigenvalue weighted by Gasteiger charge is -2.33. The summed E-state index contributed by atoms with van der Waals surface area (Å²) in [5.41, 5.74) is 3.47. The highest BCUT2D eigenvalue weighted by atomic mass is 127. The molecular weight excluding hydrogens is 537 g/mol. The van der Waals surface area contributed by atoms with E-state index in [1.54, 1.807) is 23.5 Å². The molecule has 0 aliphatic carbocycles. The molecule has 174 valence electrons. The summed E-state index contributed by atoms with van der Waals surface area (Å²) in [7, 11) is 0.271. The van der Waals surface area contributed by atoms with E-state index in [0.717, 1.165) is 44.1 Å². The van der Waals surface area contributed by atoms with E-state index in [2.05, 4.69) is 44.4 Å². The molecule has 2 aliphatic rings. The molecule has 0 radical (unpaired) electrons. The summed E-state index contributed by atoms with van der Waals surface area (Å²) in [6, 6.07) is 15.8. The number of nitrogens with one attached hydrogen (secondary N) is 1. The maximum absolute atomic E-state index is 13.3. The molecule has 0 amide bonds. The number of guanidine groups is 1. The van der Waals surface area contributed by atoms with Crippen LogP contribution in [0, 0.1) is 0 Å². The van der Waals surface area contributed by atoms with Crippen LogP contribution in [0.2, 0.25) is 0 Å². The number of nitrogens with zero attached hydrogens (tertiary/aromatic N) is 4. The van der Waals surface area contributed by atoms with Crippen molar-refractivity contribution >= 4 is 40.0 Å². The first-order valence-corrected chi connectivity index (χ1v) is 12.2. The minimum absolute atomic E-state index is 0. The zero-order valence-electron chi connectivity index (χ0n) is 18.7. The molecule has 0 unspecified atom stereocenters. The normalized spacial score (nSPS) is 18.1. The number of sulfonamides is 1. The molecule has 2 aromatic rings. The quantitative estimate of drug-likeness (QED) is 0.348. The van der Waals surface area contributed by atoms with Crippen molar-refractivity contribution in [3.05, 3.63) is 65.2 Å². The average Bonchev–Trinajstić information content (AvgIpc) is 2.80. The van der Waals surface area contributed by atoms with E-state index in [4.69, 9.17) is 0 Å². The van der Waals surface area contributed by atoms with Gasteiger partial charge in [-0.2, -0.15) is 4.31 Å². The molecule has 0 aromatic heterocycles. The van der Waals surface area contributed by atoms with Crippen molar-refractivity contribution in [2.75, 3.05) is 46.8 Å². The van der Waals surface area contributed by atoms with Gasteiger partial charge in [0.1, 0.15) is 0 Å². The molecular formula is C23H32IN5O2S. The highest BCUT2D eigenvalue weighted by Gasteiger charge is 2.29. The van der Waals surface area contributed by atoms with Gasteiger partial charge in [0.15, 0.2) is 5.96 Å². The molecule has 9 heteroatoms. The van der Waals surface area contributed by atoms with Crippen LogP contribution in [-0.2, 0) is 29.5 Å². The molecule has 2 aliphatic heterocycles. The van der Waals surface area contributed by atoms with Crippen molar-refractivity contribution in [1.82, 2.24) is 19.4 Å².